The zero-order chi connectivity index (χ0) is 71.0. The highest BCUT2D eigenvalue weighted by Gasteiger charge is 2.43. The Balaban J connectivity index is 1.87. The van der Waals surface area contributed by atoms with Gasteiger partial charge in [-0.05, 0) is 87.4 Å². The second kappa shape index (κ2) is 40.2. The molecule has 2 heterocycles. The Hall–Kier alpha value is -5.71. The van der Waals surface area contributed by atoms with Gasteiger partial charge in [0.2, 0.25) is 70.9 Å². The minimum Gasteiger partial charge on any atom is -0.385 e. The number of likely N-dealkylation sites (tertiary alicyclic amines) is 1. The average molecular weight is 1450 g/mol. The fourth-order valence-electron chi connectivity index (χ4n) is 13.4. The highest BCUT2D eigenvalue weighted by molar-refractivity contribution is 14.1. The number of likely N-dealkylation sites (N-methyl/N-ethyl adjacent to an activating group) is 7. The molecule has 4 aliphatic rings. The summed E-state index contributed by atoms with van der Waals surface area (Å²) >= 11 is 2.41. The van der Waals surface area contributed by atoms with Gasteiger partial charge in [-0.25, -0.2) is 0 Å². The van der Waals surface area contributed by atoms with E-state index in [2.05, 4.69) is 50.8 Å². The number of alkyl halides is 1. The Bertz CT molecular complexity index is 2590. The normalized spacial score (nSPS) is 29.1. The maximum atomic E-state index is 15.1. The molecular weight excluding hydrogens is 1340 g/mol. The van der Waals surface area contributed by atoms with Gasteiger partial charge < -0.3 is 69.9 Å². The predicted octanol–water partition coefficient (Wildman–Crippen LogP) is 3.59. The molecule has 4 fully saturated rings. The zero-order valence-corrected chi connectivity index (χ0v) is 62.0. The van der Waals surface area contributed by atoms with Gasteiger partial charge in [0.1, 0.15) is 48.3 Å². The van der Waals surface area contributed by atoms with E-state index in [0.717, 1.165) is 72.5 Å². The lowest BCUT2D eigenvalue weighted by molar-refractivity contribution is -0.151. The summed E-state index contributed by atoms with van der Waals surface area (Å²) in [5.74, 6) is -7.74. The summed E-state index contributed by atoms with van der Waals surface area (Å²) < 4.78 is 11.3. The lowest BCUT2D eigenvalue weighted by atomic mass is 9.79. The first-order valence-electron chi connectivity index (χ1n) is 34.8. The van der Waals surface area contributed by atoms with E-state index in [1.54, 1.807) is 11.8 Å². The summed E-state index contributed by atoms with van der Waals surface area (Å²) in [7, 11) is 12.8. The predicted molar refractivity (Wildman–Crippen MR) is 369 cm³/mol. The number of unbranched alkanes of at least 4 members (excludes halogenated alkanes) is 1. The van der Waals surface area contributed by atoms with Crippen LogP contribution in [-0.4, -0.2) is 272 Å². The smallest absolute Gasteiger partial charge is 0.245 e. The molecule has 0 aromatic heterocycles. The van der Waals surface area contributed by atoms with E-state index in [-0.39, 0.29) is 56.7 Å². The third kappa shape index (κ3) is 24.7. The van der Waals surface area contributed by atoms with Crippen molar-refractivity contribution in [3.8, 4) is 0 Å². The second-order valence-corrected chi connectivity index (χ2v) is 29.8. The van der Waals surface area contributed by atoms with Gasteiger partial charge in [-0.1, -0.05) is 122 Å². The van der Waals surface area contributed by atoms with Gasteiger partial charge in [0, 0.05) is 93.6 Å². The molecule has 0 aromatic rings. The van der Waals surface area contributed by atoms with Gasteiger partial charge in [0.15, 0.2) is 0 Å². The van der Waals surface area contributed by atoms with Gasteiger partial charge >= 0.3 is 0 Å². The lowest BCUT2D eigenvalue weighted by Gasteiger charge is -2.38. The highest BCUT2D eigenvalue weighted by atomic mass is 127. The maximum Gasteiger partial charge on any atom is 0.245 e. The molecule has 0 radical (unpaired) electrons. The summed E-state index contributed by atoms with van der Waals surface area (Å²) in [6.45, 7) is 10.4. The van der Waals surface area contributed by atoms with E-state index < -0.39 is 151 Å². The topological polar surface area (TPSA) is 297 Å². The van der Waals surface area contributed by atoms with Gasteiger partial charge in [0.25, 0.3) is 0 Å². The van der Waals surface area contributed by atoms with Crippen LogP contribution in [0, 0.1) is 29.6 Å². The van der Waals surface area contributed by atoms with E-state index in [9.17, 15) is 52.7 Å². The third-order valence-electron chi connectivity index (χ3n) is 20.0. The van der Waals surface area contributed by atoms with Gasteiger partial charge in [0.05, 0.1) is 32.7 Å². The van der Waals surface area contributed by atoms with E-state index in [0.29, 0.717) is 61.5 Å². The Morgan fingerprint density at radius 2 is 1.16 bits per heavy atom. The number of ether oxygens (including phenoxy) is 2. The molecule has 12 amide bonds. The number of rotatable bonds is 17. The van der Waals surface area contributed by atoms with Gasteiger partial charge in [-0.2, -0.15) is 0 Å². The lowest BCUT2D eigenvalue weighted by Crippen LogP contribution is -2.61. The van der Waals surface area contributed by atoms with E-state index >= 15 is 4.79 Å². The summed E-state index contributed by atoms with van der Waals surface area (Å²) in [6.07, 6.45) is 11.0. The van der Waals surface area contributed by atoms with Crippen molar-refractivity contribution in [1.29, 1.82) is 0 Å². The number of nitrogens with one attached hydrogen (secondary N) is 4. The first-order valence-corrected chi connectivity index (χ1v) is 36.0. The molecule has 0 bridgehead atoms. The van der Waals surface area contributed by atoms with Crippen molar-refractivity contribution in [2.75, 3.05) is 109 Å². The minimum absolute atomic E-state index is 0.00100. The largest absolute Gasteiger partial charge is 0.385 e. The molecule has 540 valence electrons. The van der Waals surface area contributed by atoms with Crippen molar-refractivity contribution in [2.45, 2.75) is 222 Å². The SMILES string of the molecule is CCCC[C@@H]1NC(=O)[C@H](CC2CCCC(I)C2)NC(=O)CN(C)C(=O)[C@H](CC2CCC(C)CC2)N(C)C(=O)CN(C)C(=O)CN(C)C(=O)C([C@@H](C)CC)NC(=O)[C@H](CCOC)N(C)C(=O)C[C@@H](C(=O)N2CCCCC2)N(C)C(=O)[C@H](CC(C)C)NC(=O)[C@H](COC)N(C)C1=O. The van der Waals surface area contributed by atoms with E-state index in [1.807, 2.05) is 27.7 Å². The van der Waals surface area contributed by atoms with Crippen LogP contribution < -0.4 is 21.3 Å². The van der Waals surface area contributed by atoms with Crippen molar-refractivity contribution in [3.05, 3.63) is 0 Å². The standard InChI is InChI=1S/C68H117IN12O14/c1-16-18-25-49-64(89)80(13)55(42-95-15)63(88)72-51(34-43(3)4)65(90)79(12)54(67(92)81-31-20-19-21-32-81)38-57(83)77(10)52(30-33-94-14)62(87)73-60(45(6)17-2)68(93)76(9)40-58(84)74(7)41-59(85)78(11)53(37-46-28-26-44(5)27-29-46)66(91)75(8)39-56(82)70-50(61(86)71-49)36-47-23-22-24-48(69)35-47/h43-55,60H,16-42H2,1-15H3,(H,70,82)(H,71,86)(H,72,88)(H,73,87)/t44?,45-,46?,47?,48?,49-,50-,51-,52-,53-,54-,55-,60?/m0/s1. The van der Waals surface area contributed by atoms with Crippen LogP contribution in [0.2, 0.25) is 0 Å². The highest BCUT2D eigenvalue weighted by Crippen LogP contribution is 2.34. The minimum atomic E-state index is -1.42. The van der Waals surface area contributed by atoms with Crippen LogP contribution in [0.3, 0.4) is 0 Å². The molecule has 95 heavy (non-hydrogen) atoms. The van der Waals surface area contributed by atoms with Crippen LogP contribution in [0.4, 0.5) is 0 Å². The number of carbonyl (C=O) groups is 12. The second-order valence-electron chi connectivity index (χ2n) is 28.0. The zero-order valence-electron chi connectivity index (χ0n) is 59.8. The van der Waals surface area contributed by atoms with Crippen LogP contribution in [0.5, 0.6) is 0 Å². The number of amides is 12. The van der Waals surface area contributed by atoms with Gasteiger partial charge in [-0.15, -0.1) is 0 Å². The number of hydrogen-bond donors (Lipinski definition) is 4. The number of carbonyl (C=O) groups excluding carboxylic acids is 12. The summed E-state index contributed by atoms with van der Waals surface area (Å²) in [5.41, 5.74) is 0. The Morgan fingerprint density at radius 3 is 1.76 bits per heavy atom. The molecule has 2 saturated heterocycles. The maximum absolute atomic E-state index is 15.1. The molecule has 0 aromatic carbocycles. The van der Waals surface area contributed by atoms with Crippen LogP contribution in [0.1, 0.15) is 170 Å². The van der Waals surface area contributed by atoms with Crippen LogP contribution in [-0.2, 0) is 67.0 Å². The summed E-state index contributed by atoms with van der Waals surface area (Å²) in [6, 6.07) is -9.92. The number of nitrogens with zero attached hydrogens (tertiary/aromatic N) is 8. The fourth-order valence-corrected chi connectivity index (χ4v) is 14.6. The first-order chi connectivity index (χ1) is 44.9. The monoisotopic (exact) mass is 1450 g/mol. The quantitative estimate of drug-likeness (QED) is 0.120. The third-order valence-corrected chi connectivity index (χ3v) is 21.1. The van der Waals surface area contributed by atoms with E-state index in [1.165, 1.54) is 83.2 Å². The number of hydrogen-bond acceptors (Lipinski definition) is 14. The average Bonchev–Trinajstić information content (AvgIpc) is 0.837. The van der Waals surface area contributed by atoms with Crippen molar-refractivity contribution in [2.24, 2.45) is 29.6 Å². The van der Waals surface area contributed by atoms with E-state index in [4.69, 9.17) is 9.47 Å². The Kier molecular flexibility index (Phi) is 34.6. The number of piperidine rings is 1. The fraction of sp³-hybridized carbons (Fsp3) is 0.824. The summed E-state index contributed by atoms with van der Waals surface area (Å²) in [5, 5.41) is 11.6. The first kappa shape index (κ1) is 81.7. The molecule has 3 unspecified atom stereocenters. The molecule has 26 nitrogen and oxygen atoms in total. The molecule has 4 rings (SSSR count). The molecule has 0 spiro atoms. The molecule has 27 heteroatoms. The summed E-state index contributed by atoms with van der Waals surface area (Å²) in [4.78, 5) is 187. The number of methoxy groups -OCH3 is 2. The van der Waals surface area contributed by atoms with Crippen molar-refractivity contribution >= 4 is 93.5 Å². The van der Waals surface area contributed by atoms with Crippen LogP contribution in [0.25, 0.3) is 0 Å². The molecule has 2 saturated carbocycles. The Labute approximate surface area is 579 Å². The van der Waals surface area contributed by atoms with Crippen LogP contribution >= 0.6 is 22.6 Å². The number of halogens is 1. The molecular formula is C68H117IN12O14. The molecule has 2 aliphatic carbocycles. The molecule has 11 atom stereocenters. The Morgan fingerprint density at radius 1 is 0.558 bits per heavy atom. The van der Waals surface area contributed by atoms with Crippen LogP contribution in [0.15, 0.2) is 0 Å². The van der Waals surface area contributed by atoms with Crippen molar-refractivity contribution in [1.82, 2.24) is 60.5 Å². The van der Waals surface area contributed by atoms with Gasteiger partial charge in [-0.3, -0.25) is 57.5 Å². The molecule has 2 aliphatic heterocycles. The molecule has 4 N–H and O–H groups in total. The van der Waals surface area contributed by atoms with Crippen molar-refractivity contribution in [3.63, 3.8) is 0 Å². The van der Waals surface area contributed by atoms with Crippen molar-refractivity contribution < 1.29 is 67.0 Å².